The van der Waals surface area contributed by atoms with Crippen LogP contribution < -0.4 is 17.2 Å². The average molecular weight is 464 g/mol. The molecule has 1 aromatic rings. The lowest BCUT2D eigenvalue weighted by molar-refractivity contribution is -0.144. The van der Waals surface area contributed by atoms with Crippen LogP contribution in [-0.2, 0) is 25.6 Å². The van der Waals surface area contributed by atoms with Gasteiger partial charge in [-0.25, -0.2) is 0 Å². The Balaban J connectivity index is 0. The number of carboxylic acids is 4. The fraction of sp³-hybridized carbons (Fsp3) is 0.444. The minimum atomic E-state index is -1.29. The zero-order valence-electron chi connectivity index (χ0n) is 16.9. The smallest absolute Gasteiger partial charge is 0.321 e. The fourth-order valence-electron chi connectivity index (χ4n) is 1.62. The van der Waals surface area contributed by atoms with Crippen molar-refractivity contribution in [3.63, 3.8) is 0 Å². The van der Waals surface area contributed by atoms with Crippen LogP contribution in [0.4, 0.5) is 0 Å². The van der Waals surface area contributed by atoms with Gasteiger partial charge in [0.15, 0.2) is 0 Å². The summed E-state index contributed by atoms with van der Waals surface area (Å²) in [4.78, 5) is 40.1. The number of aliphatic carboxylic acids is 4. The Morgan fingerprint density at radius 1 is 0.839 bits per heavy atom. The molecule has 0 aliphatic heterocycles. The van der Waals surface area contributed by atoms with Crippen molar-refractivity contribution in [2.24, 2.45) is 17.2 Å². The number of thioether (sulfide) groups is 1. The van der Waals surface area contributed by atoms with Crippen LogP contribution >= 0.6 is 11.8 Å². The van der Waals surface area contributed by atoms with E-state index in [9.17, 15) is 19.2 Å². The number of hydrogen-bond acceptors (Lipinski definition) is 9. The van der Waals surface area contributed by atoms with E-state index in [1.54, 1.807) is 23.9 Å². The van der Waals surface area contributed by atoms with Gasteiger partial charge in [0.1, 0.15) is 23.9 Å². The molecule has 3 atom stereocenters. The van der Waals surface area contributed by atoms with E-state index in [0.717, 1.165) is 11.3 Å². The van der Waals surface area contributed by atoms with Gasteiger partial charge in [-0.15, -0.1) is 0 Å². The van der Waals surface area contributed by atoms with E-state index in [1.165, 1.54) is 12.1 Å². The number of rotatable bonds is 10. The lowest BCUT2D eigenvalue weighted by atomic mass is 10.1. The second-order valence-electron chi connectivity index (χ2n) is 6.08. The van der Waals surface area contributed by atoms with Gasteiger partial charge < -0.3 is 42.7 Å². The molecular formula is C18H29N3O9S. The number of aromatic hydroxyl groups is 1. The highest BCUT2D eigenvalue weighted by Gasteiger charge is 2.14. The van der Waals surface area contributed by atoms with Crippen LogP contribution in [-0.4, -0.2) is 79.5 Å². The average Bonchev–Trinajstić information content (AvgIpc) is 2.68. The molecule has 31 heavy (non-hydrogen) atoms. The minimum absolute atomic E-state index is 0.160. The molecule has 0 saturated carbocycles. The van der Waals surface area contributed by atoms with Gasteiger partial charge in [-0.2, -0.15) is 11.8 Å². The summed E-state index contributed by atoms with van der Waals surface area (Å²) in [5.41, 5.74) is 16.2. The van der Waals surface area contributed by atoms with Crippen LogP contribution in [0.25, 0.3) is 0 Å². The largest absolute Gasteiger partial charge is 0.508 e. The molecule has 0 heterocycles. The molecule has 1 aromatic carbocycles. The molecule has 0 saturated heterocycles. The summed E-state index contributed by atoms with van der Waals surface area (Å²) < 4.78 is 0. The van der Waals surface area contributed by atoms with Crippen LogP contribution in [0.5, 0.6) is 5.75 Å². The van der Waals surface area contributed by atoms with Crippen molar-refractivity contribution in [2.45, 2.75) is 37.4 Å². The van der Waals surface area contributed by atoms with Crippen LogP contribution in [0.1, 0.15) is 18.4 Å². The van der Waals surface area contributed by atoms with Gasteiger partial charge in [-0.05, 0) is 42.5 Å². The first-order valence-electron chi connectivity index (χ1n) is 8.75. The molecule has 0 spiro atoms. The quantitative estimate of drug-likeness (QED) is 0.215. The summed E-state index contributed by atoms with van der Waals surface area (Å²) in [5, 5.41) is 41.8. The zero-order valence-corrected chi connectivity index (χ0v) is 17.7. The highest BCUT2D eigenvalue weighted by Crippen LogP contribution is 2.10. The first kappa shape index (κ1) is 30.3. The minimum Gasteiger partial charge on any atom is -0.508 e. The van der Waals surface area contributed by atoms with Crippen molar-refractivity contribution in [3.8, 4) is 5.75 Å². The molecule has 0 radical (unpaired) electrons. The Labute approximate surface area is 183 Å². The van der Waals surface area contributed by atoms with Gasteiger partial charge in [0.05, 0.1) is 6.42 Å². The summed E-state index contributed by atoms with van der Waals surface area (Å²) in [6.07, 6.45) is 2.22. The van der Waals surface area contributed by atoms with Gasteiger partial charge in [0.2, 0.25) is 0 Å². The third-order valence-corrected chi connectivity index (χ3v) is 4.02. The van der Waals surface area contributed by atoms with E-state index in [4.69, 9.17) is 42.7 Å². The van der Waals surface area contributed by atoms with E-state index >= 15 is 0 Å². The first-order chi connectivity index (χ1) is 14.3. The number of hydrogen-bond donors (Lipinski definition) is 8. The van der Waals surface area contributed by atoms with Crippen LogP contribution in [0.2, 0.25) is 0 Å². The Morgan fingerprint density at radius 3 is 1.61 bits per heavy atom. The van der Waals surface area contributed by atoms with Crippen molar-refractivity contribution in [1.29, 1.82) is 0 Å². The molecule has 11 N–H and O–H groups in total. The lowest BCUT2D eigenvalue weighted by Crippen LogP contribution is -2.32. The Morgan fingerprint density at radius 2 is 1.29 bits per heavy atom. The molecule has 0 amide bonds. The van der Waals surface area contributed by atoms with E-state index < -0.39 is 48.4 Å². The maximum Gasteiger partial charge on any atom is 0.321 e. The number of carboxylic acid groups (broad SMARTS) is 4. The van der Waals surface area contributed by atoms with Gasteiger partial charge in [0.25, 0.3) is 0 Å². The zero-order chi connectivity index (χ0) is 24.6. The normalized spacial score (nSPS) is 12.6. The van der Waals surface area contributed by atoms with E-state index in [0.29, 0.717) is 6.42 Å². The summed E-state index contributed by atoms with van der Waals surface area (Å²) in [6.45, 7) is 0. The number of benzene rings is 1. The molecule has 0 aromatic heterocycles. The van der Waals surface area contributed by atoms with Gasteiger partial charge in [-0.1, -0.05) is 12.1 Å². The van der Waals surface area contributed by atoms with Gasteiger partial charge in [0, 0.05) is 0 Å². The number of nitrogens with two attached hydrogens (primary N) is 3. The first-order valence-corrected chi connectivity index (χ1v) is 10.1. The summed E-state index contributed by atoms with van der Waals surface area (Å²) in [6, 6.07) is 3.45. The summed E-state index contributed by atoms with van der Waals surface area (Å²) in [5.74, 6) is -3.46. The van der Waals surface area contributed by atoms with Crippen LogP contribution in [0.15, 0.2) is 24.3 Å². The second-order valence-corrected chi connectivity index (χ2v) is 7.07. The molecule has 0 aliphatic carbocycles. The predicted octanol–water partition coefficient (Wildman–Crippen LogP) is -0.629. The number of phenolic OH excluding ortho intramolecular Hbond substituents is 1. The van der Waals surface area contributed by atoms with Crippen LogP contribution in [0, 0.1) is 0 Å². The van der Waals surface area contributed by atoms with E-state index in [-0.39, 0.29) is 12.2 Å². The molecule has 13 heteroatoms. The molecule has 3 unspecified atom stereocenters. The fourth-order valence-corrected chi connectivity index (χ4v) is 2.11. The highest BCUT2D eigenvalue weighted by atomic mass is 32.2. The Hall–Kier alpha value is -2.87. The molecule has 12 nitrogen and oxygen atoms in total. The number of phenols is 1. The SMILES string of the molecule is CSCCC(N)C(=O)O.NC(CC(=O)O)C(=O)O.NC(Cc1ccc(O)cc1)C(=O)O. The molecule has 0 fully saturated rings. The van der Waals surface area contributed by atoms with Gasteiger partial charge >= 0.3 is 23.9 Å². The van der Waals surface area contributed by atoms with Crippen molar-refractivity contribution < 1.29 is 44.7 Å². The van der Waals surface area contributed by atoms with Crippen LogP contribution in [0.3, 0.4) is 0 Å². The maximum absolute atomic E-state index is 10.4. The topological polar surface area (TPSA) is 247 Å². The molecule has 176 valence electrons. The Bertz CT molecular complexity index is 701. The number of carbonyl (C=O) groups is 4. The Kier molecular flexibility index (Phi) is 16.5. The monoisotopic (exact) mass is 463 g/mol. The second kappa shape index (κ2) is 16.9. The molecule has 0 aliphatic rings. The summed E-state index contributed by atoms with van der Waals surface area (Å²) in [7, 11) is 0. The predicted molar refractivity (Wildman–Crippen MR) is 114 cm³/mol. The summed E-state index contributed by atoms with van der Waals surface area (Å²) >= 11 is 1.60. The third kappa shape index (κ3) is 17.7. The van der Waals surface area contributed by atoms with Crippen molar-refractivity contribution >= 4 is 35.6 Å². The van der Waals surface area contributed by atoms with E-state index in [1.807, 2.05) is 6.26 Å². The third-order valence-electron chi connectivity index (χ3n) is 3.37. The highest BCUT2D eigenvalue weighted by molar-refractivity contribution is 7.98. The van der Waals surface area contributed by atoms with Crippen molar-refractivity contribution in [2.75, 3.05) is 12.0 Å². The van der Waals surface area contributed by atoms with E-state index in [2.05, 4.69) is 0 Å². The van der Waals surface area contributed by atoms with Gasteiger partial charge in [-0.3, -0.25) is 19.2 Å². The lowest BCUT2D eigenvalue weighted by Gasteiger charge is -2.05. The molecule has 0 bridgehead atoms. The maximum atomic E-state index is 10.4. The van der Waals surface area contributed by atoms with Crippen molar-refractivity contribution in [3.05, 3.63) is 29.8 Å². The van der Waals surface area contributed by atoms with Crippen molar-refractivity contribution in [1.82, 2.24) is 0 Å². The molecular weight excluding hydrogens is 434 g/mol. The molecule has 1 rings (SSSR count). The standard InChI is InChI=1S/C9H11NO3.C5H11NO2S.C4H7NO4/c10-8(9(12)13)5-6-1-3-7(11)4-2-6;1-9-3-2-4(6)5(7)8;5-2(4(8)9)1-3(6)7/h1-4,8,11H,5,10H2,(H,12,13);4H,2-3,6H2,1H3,(H,7,8);2H,1,5H2,(H,6,7)(H,8,9).